The predicted octanol–water partition coefficient (Wildman–Crippen LogP) is 3.47. The molecule has 3 rings (SSSR count). The second-order valence-corrected chi connectivity index (χ2v) is 9.04. The number of morpholine rings is 1. The lowest BCUT2D eigenvalue weighted by molar-refractivity contribution is 0.0177. The molecule has 2 aromatic heterocycles. The molecule has 0 amide bonds. The first-order chi connectivity index (χ1) is 13.7. The number of aliphatic imine (C=N–C) groups is 1. The fourth-order valence-corrected chi connectivity index (χ4v) is 5.29. The Bertz CT molecular complexity index is 744. The van der Waals surface area contributed by atoms with E-state index in [1.165, 1.54) is 20.5 Å². The molecule has 1 aliphatic rings. The van der Waals surface area contributed by atoms with Gasteiger partial charge in [0.05, 0.1) is 30.0 Å². The van der Waals surface area contributed by atoms with Gasteiger partial charge in [-0.25, -0.2) is 4.98 Å². The molecule has 1 atom stereocenters. The highest BCUT2D eigenvalue weighted by molar-refractivity contribution is 14.0. The third-order valence-electron chi connectivity index (χ3n) is 4.95. The van der Waals surface area contributed by atoms with Gasteiger partial charge in [-0.2, -0.15) is 0 Å². The molecule has 2 aromatic rings. The molecule has 0 saturated carbocycles. The van der Waals surface area contributed by atoms with Gasteiger partial charge in [0.15, 0.2) is 5.96 Å². The molecule has 0 spiro atoms. The number of rotatable bonds is 8. The fraction of sp³-hybridized carbons (Fsp3) is 0.600. The Morgan fingerprint density at radius 3 is 2.76 bits per heavy atom. The minimum atomic E-state index is 0. The van der Waals surface area contributed by atoms with Gasteiger partial charge in [0.2, 0.25) is 0 Å². The highest BCUT2D eigenvalue weighted by Gasteiger charge is 2.23. The molecule has 162 valence electrons. The number of ether oxygens (including phenoxy) is 1. The van der Waals surface area contributed by atoms with Crippen molar-refractivity contribution in [3.63, 3.8) is 0 Å². The Labute approximate surface area is 199 Å². The van der Waals surface area contributed by atoms with Crippen molar-refractivity contribution in [3.8, 4) is 0 Å². The van der Waals surface area contributed by atoms with Gasteiger partial charge in [-0.15, -0.1) is 46.7 Å². The first kappa shape index (κ1) is 24.5. The van der Waals surface area contributed by atoms with Crippen LogP contribution < -0.4 is 10.6 Å². The van der Waals surface area contributed by atoms with Crippen molar-refractivity contribution >= 4 is 52.6 Å². The van der Waals surface area contributed by atoms with Gasteiger partial charge in [-0.3, -0.25) is 9.89 Å². The lowest BCUT2D eigenvalue weighted by atomic mass is 10.2. The number of nitrogens with zero attached hydrogens (tertiary/aromatic N) is 3. The number of nitrogens with one attached hydrogen (secondary N) is 2. The van der Waals surface area contributed by atoms with E-state index in [0.717, 1.165) is 58.2 Å². The zero-order valence-electron chi connectivity index (χ0n) is 17.4. The summed E-state index contributed by atoms with van der Waals surface area (Å²) in [5, 5.41) is 10.3. The number of guanidine groups is 1. The molecule has 6 nitrogen and oxygen atoms in total. The number of aryl methyl sites for hydroxylation is 2. The van der Waals surface area contributed by atoms with Crippen LogP contribution in [0.2, 0.25) is 0 Å². The van der Waals surface area contributed by atoms with E-state index in [2.05, 4.69) is 51.9 Å². The quantitative estimate of drug-likeness (QED) is 0.300. The van der Waals surface area contributed by atoms with E-state index in [4.69, 9.17) is 9.72 Å². The minimum absolute atomic E-state index is 0. The van der Waals surface area contributed by atoms with E-state index in [0.29, 0.717) is 6.04 Å². The third-order valence-corrected chi connectivity index (χ3v) is 6.99. The summed E-state index contributed by atoms with van der Waals surface area (Å²) in [5.74, 6) is 0.846. The van der Waals surface area contributed by atoms with Crippen molar-refractivity contribution in [2.24, 2.45) is 4.99 Å². The second kappa shape index (κ2) is 12.8. The van der Waals surface area contributed by atoms with Crippen LogP contribution in [0.15, 0.2) is 22.5 Å². The Kier molecular flexibility index (Phi) is 10.9. The van der Waals surface area contributed by atoms with Crippen LogP contribution in [0.4, 0.5) is 0 Å². The molecule has 29 heavy (non-hydrogen) atoms. The van der Waals surface area contributed by atoms with E-state index in [-0.39, 0.29) is 24.0 Å². The normalized spacial score (nSPS) is 16.3. The van der Waals surface area contributed by atoms with Crippen LogP contribution in [0.3, 0.4) is 0 Å². The first-order valence-electron chi connectivity index (χ1n) is 9.96. The lowest BCUT2D eigenvalue weighted by Gasteiger charge is -2.34. The zero-order chi connectivity index (χ0) is 19.8. The van der Waals surface area contributed by atoms with Crippen molar-refractivity contribution in [2.75, 3.05) is 46.4 Å². The topological polar surface area (TPSA) is 61.8 Å². The Morgan fingerprint density at radius 1 is 1.34 bits per heavy atom. The van der Waals surface area contributed by atoms with Gasteiger partial charge < -0.3 is 15.4 Å². The SMILES string of the molecule is CCc1nc(CCNC(=NC)NCC(c2cccs2)N2CCOCC2)sc1C.I. The zero-order valence-corrected chi connectivity index (χ0v) is 21.4. The number of halogens is 1. The van der Waals surface area contributed by atoms with Gasteiger partial charge in [-0.05, 0) is 24.8 Å². The third kappa shape index (κ3) is 7.16. The number of thiophene rings is 1. The summed E-state index contributed by atoms with van der Waals surface area (Å²) in [6.45, 7) is 9.54. The summed E-state index contributed by atoms with van der Waals surface area (Å²) in [4.78, 5) is 14.3. The molecule has 1 aliphatic heterocycles. The standard InChI is InChI=1S/C20H31N5OS2.HI/c1-4-16-15(2)28-19(24-16)7-8-22-20(21-3)23-14-17(18-6-5-13-27-18)25-9-11-26-12-10-25;/h5-6,13,17H,4,7-12,14H2,1-3H3,(H2,21,22,23);1H. The maximum Gasteiger partial charge on any atom is 0.191 e. The van der Waals surface area contributed by atoms with Crippen LogP contribution in [0.1, 0.15) is 33.4 Å². The molecule has 0 bridgehead atoms. The molecule has 1 saturated heterocycles. The van der Waals surface area contributed by atoms with Crippen LogP contribution in [0, 0.1) is 6.92 Å². The number of hydrogen-bond donors (Lipinski definition) is 2. The minimum Gasteiger partial charge on any atom is -0.379 e. The van der Waals surface area contributed by atoms with Gasteiger partial charge in [-0.1, -0.05) is 13.0 Å². The molecule has 9 heteroatoms. The van der Waals surface area contributed by atoms with Crippen molar-refractivity contribution in [3.05, 3.63) is 38.0 Å². The summed E-state index contributed by atoms with van der Waals surface area (Å²) in [6.07, 6.45) is 1.93. The summed E-state index contributed by atoms with van der Waals surface area (Å²) in [5.41, 5.74) is 1.23. The molecule has 1 unspecified atom stereocenters. The molecule has 1 fully saturated rings. The maximum absolute atomic E-state index is 5.53. The predicted molar refractivity (Wildman–Crippen MR) is 134 cm³/mol. The van der Waals surface area contributed by atoms with Gasteiger partial charge >= 0.3 is 0 Å². The summed E-state index contributed by atoms with van der Waals surface area (Å²) in [6, 6.07) is 4.69. The second-order valence-electron chi connectivity index (χ2n) is 6.77. The van der Waals surface area contributed by atoms with Crippen LogP contribution in [0.5, 0.6) is 0 Å². The maximum atomic E-state index is 5.53. The fourth-order valence-electron chi connectivity index (χ4n) is 3.40. The highest BCUT2D eigenvalue weighted by Crippen LogP contribution is 2.25. The van der Waals surface area contributed by atoms with E-state index < -0.39 is 0 Å². The Morgan fingerprint density at radius 2 is 2.14 bits per heavy atom. The van der Waals surface area contributed by atoms with E-state index >= 15 is 0 Å². The van der Waals surface area contributed by atoms with Crippen molar-refractivity contribution < 1.29 is 4.74 Å². The Hall–Kier alpha value is -0.750. The Balaban J connectivity index is 0.00000300. The number of thiazole rings is 1. The average Bonchev–Trinajstić information content (AvgIpc) is 3.37. The average molecular weight is 550 g/mol. The molecule has 0 aliphatic carbocycles. The summed E-state index contributed by atoms with van der Waals surface area (Å²) in [7, 11) is 1.83. The van der Waals surface area contributed by atoms with Crippen LogP contribution in [-0.2, 0) is 17.6 Å². The van der Waals surface area contributed by atoms with Gasteiger partial charge in [0.1, 0.15) is 0 Å². The van der Waals surface area contributed by atoms with Crippen LogP contribution in [0.25, 0.3) is 0 Å². The molecular formula is C20H32IN5OS2. The van der Waals surface area contributed by atoms with Gasteiger partial charge in [0, 0.05) is 49.4 Å². The van der Waals surface area contributed by atoms with Crippen molar-refractivity contribution in [2.45, 2.75) is 32.7 Å². The molecule has 0 radical (unpaired) electrons. The number of hydrogen-bond acceptors (Lipinski definition) is 6. The van der Waals surface area contributed by atoms with E-state index in [1.54, 1.807) is 11.3 Å². The molecular weight excluding hydrogens is 517 g/mol. The number of aromatic nitrogens is 1. The van der Waals surface area contributed by atoms with Gasteiger partial charge in [0.25, 0.3) is 0 Å². The summed E-state index contributed by atoms with van der Waals surface area (Å²) < 4.78 is 5.53. The smallest absolute Gasteiger partial charge is 0.191 e. The van der Waals surface area contributed by atoms with Crippen molar-refractivity contribution in [1.82, 2.24) is 20.5 Å². The molecule has 2 N–H and O–H groups in total. The van der Waals surface area contributed by atoms with Crippen LogP contribution >= 0.6 is 46.7 Å². The summed E-state index contributed by atoms with van der Waals surface area (Å²) >= 11 is 3.62. The first-order valence-corrected chi connectivity index (χ1v) is 11.7. The molecule has 0 aromatic carbocycles. The largest absolute Gasteiger partial charge is 0.379 e. The van der Waals surface area contributed by atoms with E-state index in [9.17, 15) is 0 Å². The van der Waals surface area contributed by atoms with Crippen molar-refractivity contribution in [1.29, 1.82) is 0 Å². The molecule has 3 heterocycles. The monoisotopic (exact) mass is 549 g/mol. The highest BCUT2D eigenvalue weighted by atomic mass is 127. The van der Waals surface area contributed by atoms with Crippen LogP contribution in [-0.4, -0.2) is 62.3 Å². The lowest BCUT2D eigenvalue weighted by Crippen LogP contribution is -2.46. The van der Waals surface area contributed by atoms with E-state index in [1.807, 2.05) is 18.4 Å².